The molecule has 0 aromatic heterocycles. The van der Waals surface area contributed by atoms with Gasteiger partial charge in [0.25, 0.3) is 0 Å². The Balaban J connectivity index is 2.15. The van der Waals surface area contributed by atoms with Gasteiger partial charge in [-0.15, -0.1) is 0 Å². The number of hydrogen-bond acceptors (Lipinski definition) is 3. The van der Waals surface area contributed by atoms with Gasteiger partial charge in [-0.1, -0.05) is 53.8 Å². The molecule has 0 unspecified atom stereocenters. The molecule has 0 bridgehead atoms. The maximum Gasteiger partial charge on any atom is 0.138 e. The van der Waals surface area contributed by atoms with Gasteiger partial charge in [-0.25, -0.2) is 0 Å². The second kappa shape index (κ2) is 4.70. The molecule has 5 heteroatoms. The Bertz CT molecular complexity index is 385. The van der Waals surface area contributed by atoms with E-state index in [-0.39, 0.29) is 0 Å². The highest BCUT2D eigenvalue weighted by Crippen LogP contribution is 2.26. The molecule has 1 heterocycles. The molecule has 0 saturated carbocycles. The summed E-state index contributed by atoms with van der Waals surface area (Å²) < 4.78 is 0.738. The van der Waals surface area contributed by atoms with E-state index in [2.05, 4.69) is 0 Å². The van der Waals surface area contributed by atoms with Crippen molar-refractivity contribution in [3.63, 3.8) is 0 Å². The predicted molar refractivity (Wildman–Crippen MR) is 68.1 cm³/mol. The number of halogens is 1. The highest BCUT2D eigenvalue weighted by atomic mass is 35.5. The van der Waals surface area contributed by atoms with E-state index in [0.29, 0.717) is 17.3 Å². The molecule has 0 amide bonds. The summed E-state index contributed by atoms with van der Waals surface area (Å²) in [6.07, 6.45) is -0.487. The Kier molecular flexibility index (Phi) is 3.51. The van der Waals surface area contributed by atoms with E-state index < -0.39 is 6.23 Å². The second-order valence-corrected chi connectivity index (χ2v) is 5.34. The van der Waals surface area contributed by atoms with Crippen molar-refractivity contribution in [3.8, 4) is 0 Å². The van der Waals surface area contributed by atoms with Crippen LogP contribution in [0.1, 0.15) is 5.56 Å². The van der Waals surface area contributed by atoms with Gasteiger partial charge in [-0.2, -0.15) is 0 Å². The van der Waals surface area contributed by atoms with Gasteiger partial charge < -0.3 is 10.0 Å². The molecule has 15 heavy (non-hydrogen) atoms. The largest absolute Gasteiger partial charge is 0.373 e. The SMILES string of the molecule is O[C@H]1CSC(=S)N1Cc1ccccc1Cl. The van der Waals surface area contributed by atoms with Gasteiger partial charge in [-0.05, 0) is 11.6 Å². The van der Waals surface area contributed by atoms with E-state index in [1.807, 2.05) is 24.3 Å². The van der Waals surface area contributed by atoms with Crippen molar-refractivity contribution >= 4 is 39.9 Å². The number of benzene rings is 1. The standard InChI is InChI=1S/C10H10ClNOS2/c11-8-4-2-1-3-7(8)5-12-9(13)6-15-10(12)14/h1-4,9,13H,5-6H2/t9-/m0/s1. The third-order valence-corrected chi connectivity index (χ3v) is 4.15. The van der Waals surface area contributed by atoms with Crippen LogP contribution in [0.5, 0.6) is 0 Å². The maximum absolute atomic E-state index is 9.69. The van der Waals surface area contributed by atoms with Crippen LogP contribution >= 0.6 is 35.6 Å². The summed E-state index contributed by atoms with van der Waals surface area (Å²) in [5, 5.41) is 10.4. The van der Waals surface area contributed by atoms with Gasteiger partial charge in [-0.3, -0.25) is 0 Å². The zero-order chi connectivity index (χ0) is 10.8. The van der Waals surface area contributed by atoms with Crippen LogP contribution in [0, 0.1) is 0 Å². The average Bonchev–Trinajstić information content (AvgIpc) is 2.53. The van der Waals surface area contributed by atoms with E-state index in [4.69, 9.17) is 23.8 Å². The zero-order valence-electron chi connectivity index (χ0n) is 7.89. The van der Waals surface area contributed by atoms with Crippen LogP contribution in [0.25, 0.3) is 0 Å². The van der Waals surface area contributed by atoms with Gasteiger partial charge in [0, 0.05) is 17.3 Å². The number of nitrogens with zero attached hydrogens (tertiary/aromatic N) is 1. The molecule has 2 nitrogen and oxygen atoms in total. The smallest absolute Gasteiger partial charge is 0.138 e. The quantitative estimate of drug-likeness (QED) is 0.825. The summed E-state index contributed by atoms with van der Waals surface area (Å²) in [4.78, 5) is 1.79. The highest BCUT2D eigenvalue weighted by molar-refractivity contribution is 8.23. The summed E-state index contributed by atoms with van der Waals surface area (Å²) >= 11 is 12.7. The van der Waals surface area contributed by atoms with Crippen molar-refractivity contribution in [2.75, 3.05) is 5.75 Å². The first-order chi connectivity index (χ1) is 7.18. The number of aliphatic hydroxyl groups excluding tert-OH is 1. The monoisotopic (exact) mass is 259 g/mol. The van der Waals surface area contributed by atoms with Crippen LogP contribution in [-0.2, 0) is 6.54 Å². The van der Waals surface area contributed by atoms with E-state index in [0.717, 1.165) is 9.88 Å². The number of thiocarbonyl (C=S) groups is 1. The first-order valence-corrected chi connectivity index (χ1v) is 6.30. The lowest BCUT2D eigenvalue weighted by Crippen LogP contribution is -2.32. The molecule has 2 rings (SSSR count). The van der Waals surface area contributed by atoms with Gasteiger partial charge in [0.1, 0.15) is 10.5 Å². The third kappa shape index (κ3) is 2.45. The number of hydrogen-bond donors (Lipinski definition) is 1. The van der Waals surface area contributed by atoms with Crippen LogP contribution in [0.2, 0.25) is 5.02 Å². The van der Waals surface area contributed by atoms with Crippen LogP contribution in [0.3, 0.4) is 0 Å². The van der Waals surface area contributed by atoms with Crippen molar-refractivity contribution < 1.29 is 5.11 Å². The van der Waals surface area contributed by atoms with Gasteiger partial charge in [0.15, 0.2) is 0 Å². The Labute approximate surface area is 103 Å². The minimum atomic E-state index is -0.487. The fourth-order valence-electron chi connectivity index (χ4n) is 1.42. The number of thioether (sulfide) groups is 1. The zero-order valence-corrected chi connectivity index (χ0v) is 10.3. The molecule has 1 N–H and O–H groups in total. The first kappa shape index (κ1) is 11.2. The van der Waals surface area contributed by atoms with Crippen LogP contribution in [0.4, 0.5) is 0 Å². The molecule has 1 aliphatic heterocycles. The second-order valence-electron chi connectivity index (χ2n) is 3.28. The highest BCUT2D eigenvalue weighted by Gasteiger charge is 2.27. The molecule has 80 valence electrons. The fraction of sp³-hybridized carbons (Fsp3) is 0.300. The van der Waals surface area contributed by atoms with Crippen LogP contribution in [-0.4, -0.2) is 26.3 Å². The van der Waals surface area contributed by atoms with Crippen molar-refractivity contribution in [3.05, 3.63) is 34.9 Å². The fourth-order valence-corrected chi connectivity index (χ4v) is 2.83. The van der Waals surface area contributed by atoms with Crippen molar-refractivity contribution in [1.82, 2.24) is 4.90 Å². The van der Waals surface area contributed by atoms with E-state index >= 15 is 0 Å². The number of aliphatic hydroxyl groups is 1. The Morgan fingerprint density at radius 1 is 1.53 bits per heavy atom. The average molecular weight is 260 g/mol. The Hall–Kier alpha value is -0.290. The molecule has 1 aromatic carbocycles. The van der Waals surface area contributed by atoms with Crippen molar-refractivity contribution in [1.29, 1.82) is 0 Å². The maximum atomic E-state index is 9.69. The van der Waals surface area contributed by atoms with Crippen LogP contribution < -0.4 is 0 Å². The lowest BCUT2D eigenvalue weighted by atomic mass is 10.2. The molecular weight excluding hydrogens is 250 g/mol. The predicted octanol–water partition coefficient (Wildman–Crippen LogP) is 2.49. The molecule has 0 spiro atoms. The number of rotatable bonds is 2. The Morgan fingerprint density at radius 3 is 2.87 bits per heavy atom. The molecule has 1 aliphatic rings. The molecule has 1 fully saturated rings. The van der Waals surface area contributed by atoms with Gasteiger partial charge >= 0.3 is 0 Å². The topological polar surface area (TPSA) is 23.5 Å². The van der Waals surface area contributed by atoms with E-state index in [1.165, 1.54) is 11.8 Å². The minimum absolute atomic E-state index is 0.487. The third-order valence-electron chi connectivity index (χ3n) is 2.25. The summed E-state index contributed by atoms with van der Waals surface area (Å²) in [6, 6.07) is 7.61. The van der Waals surface area contributed by atoms with Gasteiger partial charge in [0.2, 0.25) is 0 Å². The lowest BCUT2D eigenvalue weighted by Gasteiger charge is -2.21. The van der Waals surface area contributed by atoms with E-state index in [9.17, 15) is 5.11 Å². The van der Waals surface area contributed by atoms with Crippen LogP contribution in [0.15, 0.2) is 24.3 Å². The summed E-state index contributed by atoms with van der Waals surface area (Å²) in [6.45, 7) is 0.576. The minimum Gasteiger partial charge on any atom is -0.373 e. The molecule has 1 aromatic rings. The summed E-state index contributed by atoms with van der Waals surface area (Å²) in [5.74, 6) is 0.642. The summed E-state index contributed by atoms with van der Waals surface area (Å²) in [5.41, 5.74) is 0.989. The lowest BCUT2D eigenvalue weighted by molar-refractivity contribution is 0.0795. The molecule has 1 saturated heterocycles. The first-order valence-electron chi connectivity index (χ1n) is 4.53. The normalized spacial score (nSPS) is 21.1. The molecule has 1 atom stereocenters. The molecular formula is C10H10ClNOS2. The molecule has 0 radical (unpaired) electrons. The molecule has 0 aliphatic carbocycles. The Morgan fingerprint density at radius 2 is 2.27 bits per heavy atom. The van der Waals surface area contributed by atoms with Gasteiger partial charge in [0.05, 0.1) is 0 Å². The van der Waals surface area contributed by atoms with E-state index in [1.54, 1.807) is 4.90 Å². The summed E-state index contributed by atoms with van der Waals surface area (Å²) in [7, 11) is 0. The van der Waals surface area contributed by atoms with Crippen molar-refractivity contribution in [2.45, 2.75) is 12.8 Å². The van der Waals surface area contributed by atoms with Crippen molar-refractivity contribution in [2.24, 2.45) is 0 Å².